The lowest BCUT2D eigenvalue weighted by molar-refractivity contribution is 0.249. The Balaban J connectivity index is 1.34. The molecule has 2 aromatic heterocycles. The van der Waals surface area contributed by atoms with Crippen molar-refractivity contribution in [3.05, 3.63) is 65.2 Å². The number of nitrogens with zero attached hydrogens (tertiary/aromatic N) is 6. The Kier molecular flexibility index (Phi) is 6.22. The average molecular weight is 486 g/mol. The molecule has 1 fully saturated rings. The summed E-state index contributed by atoms with van der Waals surface area (Å²) < 4.78 is 1.98. The highest BCUT2D eigenvalue weighted by Crippen LogP contribution is 2.35. The van der Waals surface area contributed by atoms with E-state index in [0.29, 0.717) is 5.56 Å². The van der Waals surface area contributed by atoms with E-state index < -0.39 is 0 Å². The molecule has 0 atom stereocenters. The molecule has 0 amide bonds. The zero-order valence-corrected chi connectivity index (χ0v) is 21.6. The molecule has 1 aliphatic rings. The van der Waals surface area contributed by atoms with E-state index in [1.807, 2.05) is 16.6 Å². The van der Waals surface area contributed by atoms with Crippen LogP contribution in [0.4, 0.5) is 10.9 Å². The van der Waals surface area contributed by atoms with Crippen molar-refractivity contribution in [2.24, 2.45) is 0 Å². The molecule has 1 aliphatic heterocycles. The topological polar surface area (TPSA) is 72.5 Å². The van der Waals surface area contributed by atoms with Crippen LogP contribution in [0.25, 0.3) is 16.2 Å². The average Bonchev–Trinajstić information content (AvgIpc) is 3.38. The van der Waals surface area contributed by atoms with E-state index in [0.717, 1.165) is 59.9 Å². The first-order valence-electron chi connectivity index (χ1n) is 12.0. The number of nitriles is 1. The summed E-state index contributed by atoms with van der Waals surface area (Å²) in [6.07, 6.45) is 0. The van der Waals surface area contributed by atoms with E-state index in [4.69, 9.17) is 15.3 Å². The standard InChI is InChI=1S/C27H31N7S/c1-19-6-5-7-22(16-19)23-24(30-27(2,3)4)34-25(29-23)35-26(31-34)33-14-12-32(13-15-33)18-21-10-8-20(17-28)9-11-21/h5-11,16,30H,12-15,18H2,1-4H3. The van der Waals surface area contributed by atoms with Crippen molar-refractivity contribution in [2.45, 2.75) is 39.8 Å². The molecule has 180 valence electrons. The van der Waals surface area contributed by atoms with Gasteiger partial charge in [0.25, 0.3) is 0 Å². The van der Waals surface area contributed by atoms with E-state index in [1.165, 1.54) is 11.1 Å². The van der Waals surface area contributed by atoms with Crippen LogP contribution >= 0.6 is 11.3 Å². The SMILES string of the molecule is Cc1cccc(-c2nc3sc(N4CCN(Cc5ccc(C#N)cc5)CC4)nn3c2NC(C)(C)C)c1. The summed E-state index contributed by atoms with van der Waals surface area (Å²) >= 11 is 1.65. The highest BCUT2D eigenvalue weighted by atomic mass is 32.1. The number of hydrogen-bond acceptors (Lipinski definition) is 7. The fourth-order valence-corrected chi connectivity index (χ4v) is 5.32. The number of benzene rings is 2. The van der Waals surface area contributed by atoms with Crippen molar-refractivity contribution in [3.63, 3.8) is 0 Å². The number of aryl methyl sites for hydroxylation is 1. The quantitative estimate of drug-likeness (QED) is 0.420. The normalized spacial score (nSPS) is 14.9. The number of piperazine rings is 1. The van der Waals surface area contributed by atoms with Crippen molar-refractivity contribution in [1.29, 1.82) is 5.26 Å². The van der Waals surface area contributed by atoms with Gasteiger partial charge in [-0.05, 0) is 51.5 Å². The number of anilines is 2. The van der Waals surface area contributed by atoms with Crippen LogP contribution in [-0.2, 0) is 6.54 Å². The second kappa shape index (κ2) is 9.33. The number of aromatic nitrogens is 3. The maximum atomic E-state index is 9.00. The van der Waals surface area contributed by atoms with Gasteiger partial charge < -0.3 is 10.2 Å². The minimum absolute atomic E-state index is 0.116. The van der Waals surface area contributed by atoms with Gasteiger partial charge in [-0.15, -0.1) is 5.10 Å². The van der Waals surface area contributed by atoms with Gasteiger partial charge in [-0.2, -0.15) is 9.78 Å². The molecule has 3 heterocycles. The lowest BCUT2D eigenvalue weighted by atomic mass is 10.1. The highest BCUT2D eigenvalue weighted by molar-refractivity contribution is 7.20. The van der Waals surface area contributed by atoms with Crippen LogP contribution < -0.4 is 10.2 Å². The van der Waals surface area contributed by atoms with Crippen molar-refractivity contribution in [2.75, 3.05) is 36.4 Å². The Labute approximate surface area is 210 Å². The van der Waals surface area contributed by atoms with Crippen molar-refractivity contribution < 1.29 is 0 Å². The highest BCUT2D eigenvalue weighted by Gasteiger charge is 2.25. The zero-order chi connectivity index (χ0) is 24.6. The molecule has 2 aromatic carbocycles. The first-order valence-corrected chi connectivity index (χ1v) is 12.8. The summed E-state index contributed by atoms with van der Waals surface area (Å²) in [5.74, 6) is 0.944. The second-order valence-electron chi connectivity index (χ2n) is 10.2. The van der Waals surface area contributed by atoms with Crippen LogP contribution in [0, 0.1) is 18.3 Å². The number of imidazole rings is 1. The molecule has 5 rings (SSSR count). The Hall–Kier alpha value is -3.41. The third-order valence-electron chi connectivity index (χ3n) is 6.11. The third-order valence-corrected chi connectivity index (χ3v) is 7.08. The van der Waals surface area contributed by atoms with Gasteiger partial charge in [0.15, 0.2) is 5.82 Å². The predicted octanol–water partition coefficient (Wildman–Crippen LogP) is 5.17. The maximum absolute atomic E-state index is 9.00. The van der Waals surface area contributed by atoms with Gasteiger partial charge in [-0.25, -0.2) is 4.98 Å². The lowest BCUT2D eigenvalue weighted by Gasteiger charge is -2.34. The Morgan fingerprint density at radius 2 is 1.80 bits per heavy atom. The predicted molar refractivity (Wildman–Crippen MR) is 143 cm³/mol. The largest absolute Gasteiger partial charge is 0.364 e. The Morgan fingerprint density at radius 1 is 1.06 bits per heavy atom. The number of nitrogens with one attached hydrogen (secondary N) is 1. The summed E-state index contributed by atoms with van der Waals surface area (Å²) in [7, 11) is 0. The van der Waals surface area contributed by atoms with Gasteiger partial charge in [0, 0.05) is 43.8 Å². The number of hydrogen-bond donors (Lipinski definition) is 1. The molecule has 8 heteroatoms. The first kappa shape index (κ1) is 23.3. The third kappa shape index (κ3) is 5.16. The van der Waals surface area contributed by atoms with Gasteiger partial charge in [0.05, 0.1) is 11.6 Å². The minimum atomic E-state index is -0.116. The summed E-state index contributed by atoms with van der Waals surface area (Å²) in [5, 5.41) is 18.7. The van der Waals surface area contributed by atoms with Crippen molar-refractivity contribution in [3.8, 4) is 17.3 Å². The van der Waals surface area contributed by atoms with E-state index in [-0.39, 0.29) is 5.54 Å². The molecule has 4 aromatic rings. The maximum Gasteiger partial charge on any atom is 0.216 e. The fraction of sp³-hybridized carbons (Fsp3) is 0.370. The molecule has 0 aliphatic carbocycles. The lowest BCUT2D eigenvalue weighted by Crippen LogP contribution is -2.46. The molecule has 1 saturated heterocycles. The number of rotatable bonds is 5. The van der Waals surface area contributed by atoms with Gasteiger partial charge in [-0.3, -0.25) is 4.90 Å². The second-order valence-corrected chi connectivity index (χ2v) is 11.1. The van der Waals surface area contributed by atoms with Gasteiger partial charge in [-0.1, -0.05) is 47.2 Å². The van der Waals surface area contributed by atoms with Crippen LogP contribution in [-0.4, -0.2) is 51.2 Å². The van der Waals surface area contributed by atoms with Crippen LogP contribution in [0.5, 0.6) is 0 Å². The van der Waals surface area contributed by atoms with E-state index in [1.54, 1.807) is 11.3 Å². The van der Waals surface area contributed by atoms with Crippen LogP contribution in [0.15, 0.2) is 48.5 Å². The zero-order valence-electron chi connectivity index (χ0n) is 20.7. The molecule has 7 nitrogen and oxygen atoms in total. The van der Waals surface area contributed by atoms with E-state index in [2.05, 4.69) is 85.3 Å². The van der Waals surface area contributed by atoms with Gasteiger partial charge in [0.1, 0.15) is 5.69 Å². The molecule has 0 radical (unpaired) electrons. The summed E-state index contributed by atoms with van der Waals surface area (Å²) in [6.45, 7) is 13.3. The summed E-state index contributed by atoms with van der Waals surface area (Å²) in [4.78, 5) is 10.7. The summed E-state index contributed by atoms with van der Waals surface area (Å²) in [6, 6.07) is 18.5. The fourth-order valence-electron chi connectivity index (χ4n) is 4.37. The molecule has 35 heavy (non-hydrogen) atoms. The van der Waals surface area contributed by atoms with E-state index >= 15 is 0 Å². The summed E-state index contributed by atoms with van der Waals surface area (Å²) in [5.41, 5.74) is 5.10. The van der Waals surface area contributed by atoms with Gasteiger partial charge in [0.2, 0.25) is 10.1 Å². The first-order chi connectivity index (χ1) is 16.8. The molecule has 0 saturated carbocycles. The molecular formula is C27H31N7S. The molecule has 0 bridgehead atoms. The molecule has 0 spiro atoms. The van der Waals surface area contributed by atoms with E-state index in [9.17, 15) is 0 Å². The monoisotopic (exact) mass is 485 g/mol. The number of fused-ring (bicyclic) bond motifs is 1. The smallest absolute Gasteiger partial charge is 0.216 e. The van der Waals surface area contributed by atoms with Crippen molar-refractivity contribution >= 4 is 27.2 Å². The van der Waals surface area contributed by atoms with Crippen molar-refractivity contribution in [1.82, 2.24) is 19.5 Å². The van der Waals surface area contributed by atoms with Crippen LogP contribution in [0.1, 0.15) is 37.5 Å². The molecule has 0 unspecified atom stereocenters. The van der Waals surface area contributed by atoms with Crippen LogP contribution in [0.3, 0.4) is 0 Å². The Bertz CT molecular complexity index is 1360. The van der Waals surface area contributed by atoms with Gasteiger partial charge >= 0.3 is 0 Å². The minimum Gasteiger partial charge on any atom is -0.364 e. The molecular weight excluding hydrogens is 454 g/mol. The Morgan fingerprint density at radius 3 is 2.46 bits per heavy atom. The van der Waals surface area contributed by atoms with Crippen LogP contribution in [0.2, 0.25) is 0 Å². The molecule has 1 N–H and O–H groups in total.